The molecule has 7 heteroatoms. The van der Waals surface area contributed by atoms with Gasteiger partial charge in [0.2, 0.25) is 0 Å². The Morgan fingerprint density at radius 2 is 1.84 bits per heavy atom. The number of benzene rings is 2. The first-order valence-corrected chi connectivity index (χ1v) is 10.1. The van der Waals surface area contributed by atoms with Crippen LogP contribution < -0.4 is 10.1 Å². The first-order valence-electron chi connectivity index (χ1n) is 10.1. The van der Waals surface area contributed by atoms with Crippen molar-refractivity contribution in [3.05, 3.63) is 77.6 Å². The summed E-state index contributed by atoms with van der Waals surface area (Å²) in [5, 5.41) is 12.1. The molecule has 1 N–H and O–H groups in total. The molecule has 162 valence electrons. The third-order valence-corrected chi connectivity index (χ3v) is 4.36. The summed E-state index contributed by atoms with van der Waals surface area (Å²) < 4.78 is 16.1. The zero-order valence-electron chi connectivity index (χ0n) is 17.8. The number of furan rings is 1. The fourth-order valence-corrected chi connectivity index (χ4v) is 2.89. The number of ether oxygens (including phenoxy) is 2. The van der Waals surface area contributed by atoms with Crippen LogP contribution in [0.4, 0.5) is 5.69 Å². The van der Waals surface area contributed by atoms with E-state index in [0.29, 0.717) is 41.7 Å². The third kappa shape index (κ3) is 5.64. The molecule has 0 radical (unpaired) electrons. The van der Waals surface area contributed by atoms with Crippen molar-refractivity contribution < 1.29 is 23.5 Å². The molecule has 3 rings (SSSR count). The molecule has 1 amide bonds. The van der Waals surface area contributed by atoms with Crippen molar-refractivity contribution in [2.24, 2.45) is 0 Å². The fraction of sp³-hybridized carbons (Fsp3) is 0.160. The molecule has 0 saturated carbocycles. The molecule has 0 aliphatic carbocycles. The van der Waals surface area contributed by atoms with Crippen LogP contribution in [-0.4, -0.2) is 25.1 Å². The zero-order chi connectivity index (χ0) is 22.9. The van der Waals surface area contributed by atoms with Crippen LogP contribution in [0.25, 0.3) is 17.4 Å². The van der Waals surface area contributed by atoms with Gasteiger partial charge in [-0.25, -0.2) is 4.79 Å². The molecule has 0 unspecified atom stereocenters. The largest absolute Gasteiger partial charge is 0.494 e. The van der Waals surface area contributed by atoms with Crippen molar-refractivity contribution in [1.29, 1.82) is 5.26 Å². The molecule has 0 fully saturated rings. The van der Waals surface area contributed by atoms with Gasteiger partial charge in [-0.1, -0.05) is 18.2 Å². The Kier molecular flexibility index (Phi) is 7.44. The van der Waals surface area contributed by atoms with E-state index >= 15 is 0 Å². The summed E-state index contributed by atoms with van der Waals surface area (Å²) in [5.74, 6) is 0.562. The van der Waals surface area contributed by atoms with E-state index in [0.717, 1.165) is 5.56 Å². The molecule has 1 heterocycles. The second-order valence-electron chi connectivity index (χ2n) is 6.58. The first kappa shape index (κ1) is 22.4. The van der Waals surface area contributed by atoms with Crippen molar-refractivity contribution in [3.8, 4) is 23.1 Å². The smallest absolute Gasteiger partial charge is 0.338 e. The van der Waals surface area contributed by atoms with E-state index in [1.807, 2.05) is 13.0 Å². The summed E-state index contributed by atoms with van der Waals surface area (Å²) in [7, 11) is 0. The van der Waals surface area contributed by atoms with Crippen LogP contribution in [0.15, 0.2) is 70.7 Å². The highest BCUT2D eigenvalue weighted by molar-refractivity contribution is 6.09. The second-order valence-corrected chi connectivity index (χ2v) is 6.58. The normalized spacial score (nSPS) is 10.8. The van der Waals surface area contributed by atoms with Gasteiger partial charge in [0.15, 0.2) is 0 Å². The van der Waals surface area contributed by atoms with Crippen molar-refractivity contribution >= 4 is 23.6 Å². The molecule has 1 aromatic heterocycles. The maximum absolute atomic E-state index is 12.5. The van der Waals surface area contributed by atoms with Gasteiger partial charge in [-0.3, -0.25) is 4.79 Å². The Labute approximate surface area is 185 Å². The number of nitrogens with zero attached hydrogens (tertiary/aromatic N) is 1. The number of carbonyl (C=O) groups is 2. The van der Waals surface area contributed by atoms with Gasteiger partial charge in [0.1, 0.15) is 28.9 Å². The lowest BCUT2D eigenvalue weighted by atomic mass is 10.1. The highest BCUT2D eigenvalue weighted by Crippen LogP contribution is 2.24. The number of esters is 1. The average molecular weight is 430 g/mol. The van der Waals surface area contributed by atoms with E-state index in [2.05, 4.69) is 5.32 Å². The van der Waals surface area contributed by atoms with Crippen LogP contribution >= 0.6 is 0 Å². The maximum Gasteiger partial charge on any atom is 0.338 e. The monoisotopic (exact) mass is 430 g/mol. The van der Waals surface area contributed by atoms with Crippen molar-refractivity contribution in [1.82, 2.24) is 0 Å². The van der Waals surface area contributed by atoms with Gasteiger partial charge in [-0.05, 0) is 50.2 Å². The predicted octanol–water partition coefficient (Wildman–Crippen LogP) is 5.07. The summed E-state index contributed by atoms with van der Waals surface area (Å²) in [4.78, 5) is 24.3. The van der Waals surface area contributed by atoms with Crippen LogP contribution in [0, 0.1) is 11.3 Å². The third-order valence-electron chi connectivity index (χ3n) is 4.36. The van der Waals surface area contributed by atoms with Gasteiger partial charge in [-0.15, -0.1) is 0 Å². The van der Waals surface area contributed by atoms with Crippen LogP contribution in [0.3, 0.4) is 0 Å². The van der Waals surface area contributed by atoms with Gasteiger partial charge in [0.05, 0.1) is 18.8 Å². The van der Waals surface area contributed by atoms with E-state index in [1.54, 1.807) is 67.6 Å². The number of hydrogen-bond donors (Lipinski definition) is 1. The van der Waals surface area contributed by atoms with E-state index in [1.165, 1.54) is 6.08 Å². The summed E-state index contributed by atoms with van der Waals surface area (Å²) in [5.41, 5.74) is 1.60. The molecule has 0 aliphatic rings. The zero-order valence-corrected chi connectivity index (χ0v) is 17.8. The minimum atomic E-state index is -0.558. The Balaban J connectivity index is 1.73. The number of nitriles is 1. The minimum absolute atomic E-state index is 0.106. The number of carbonyl (C=O) groups excluding carboxylic acids is 2. The summed E-state index contributed by atoms with van der Waals surface area (Å²) in [6.07, 6.45) is 1.37. The highest BCUT2D eigenvalue weighted by atomic mass is 16.5. The van der Waals surface area contributed by atoms with Gasteiger partial charge in [-0.2, -0.15) is 5.26 Å². The molecule has 0 saturated heterocycles. The Morgan fingerprint density at radius 3 is 2.53 bits per heavy atom. The molecule has 0 atom stereocenters. The predicted molar refractivity (Wildman–Crippen MR) is 120 cm³/mol. The number of amides is 1. The number of anilines is 1. The van der Waals surface area contributed by atoms with Crippen molar-refractivity contribution in [3.63, 3.8) is 0 Å². The average Bonchev–Trinajstić information content (AvgIpc) is 3.27. The lowest BCUT2D eigenvalue weighted by Crippen LogP contribution is -2.13. The van der Waals surface area contributed by atoms with Crippen LogP contribution in [0.5, 0.6) is 5.75 Å². The summed E-state index contributed by atoms with van der Waals surface area (Å²) >= 11 is 0. The number of nitrogens with one attached hydrogen (secondary N) is 1. The molecule has 0 spiro atoms. The molecular weight excluding hydrogens is 408 g/mol. The number of rotatable bonds is 8. The molecule has 2 aromatic carbocycles. The topological polar surface area (TPSA) is 102 Å². The lowest BCUT2D eigenvalue weighted by molar-refractivity contribution is -0.112. The highest BCUT2D eigenvalue weighted by Gasteiger charge is 2.13. The van der Waals surface area contributed by atoms with E-state index < -0.39 is 11.9 Å². The fourth-order valence-electron chi connectivity index (χ4n) is 2.89. The Hall–Kier alpha value is -4.31. The van der Waals surface area contributed by atoms with Gasteiger partial charge in [0.25, 0.3) is 5.91 Å². The number of hydrogen-bond acceptors (Lipinski definition) is 6. The molecular formula is C25H22N2O5. The van der Waals surface area contributed by atoms with Gasteiger partial charge < -0.3 is 19.2 Å². The second kappa shape index (κ2) is 10.6. The Bertz CT molecular complexity index is 1170. The molecule has 3 aromatic rings. The maximum atomic E-state index is 12.5. The van der Waals surface area contributed by atoms with E-state index in [4.69, 9.17) is 13.9 Å². The SMILES string of the molecule is CCOC(=O)c1ccc(-c2ccc(C=C(C#N)C(=O)Nc3cccc(OCC)c3)o2)cc1. The van der Waals surface area contributed by atoms with Crippen LogP contribution in [0.1, 0.15) is 30.0 Å². The quantitative estimate of drug-likeness (QED) is 0.304. The molecule has 7 nitrogen and oxygen atoms in total. The van der Waals surface area contributed by atoms with Gasteiger partial charge >= 0.3 is 5.97 Å². The minimum Gasteiger partial charge on any atom is -0.494 e. The standard InChI is InChI=1S/C25H22N2O5/c1-3-30-21-7-5-6-20(15-21)27-24(28)19(16-26)14-22-12-13-23(32-22)17-8-10-18(11-9-17)25(29)31-4-2/h5-15H,3-4H2,1-2H3,(H,27,28). The Morgan fingerprint density at radius 1 is 1.06 bits per heavy atom. The summed E-state index contributed by atoms with van der Waals surface area (Å²) in [6, 6.07) is 19.0. The van der Waals surface area contributed by atoms with Gasteiger partial charge in [0, 0.05) is 23.4 Å². The van der Waals surface area contributed by atoms with E-state index in [-0.39, 0.29) is 5.57 Å². The summed E-state index contributed by atoms with van der Waals surface area (Å²) in [6.45, 7) is 4.43. The van der Waals surface area contributed by atoms with E-state index in [9.17, 15) is 14.9 Å². The van der Waals surface area contributed by atoms with Crippen LogP contribution in [-0.2, 0) is 9.53 Å². The van der Waals surface area contributed by atoms with Crippen molar-refractivity contribution in [2.75, 3.05) is 18.5 Å². The van der Waals surface area contributed by atoms with Crippen molar-refractivity contribution in [2.45, 2.75) is 13.8 Å². The lowest BCUT2D eigenvalue weighted by Gasteiger charge is -2.07. The molecule has 0 aliphatic heterocycles. The van der Waals surface area contributed by atoms with Crippen LogP contribution in [0.2, 0.25) is 0 Å². The molecule has 32 heavy (non-hydrogen) atoms. The molecule has 0 bridgehead atoms. The first-order chi connectivity index (χ1) is 15.5.